The van der Waals surface area contributed by atoms with Crippen LogP contribution in [0.5, 0.6) is 0 Å². The minimum absolute atomic E-state index is 0.247. The summed E-state index contributed by atoms with van der Waals surface area (Å²) in [5, 5.41) is 76.7. The fourth-order valence-corrected chi connectivity index (χ4v) is 13.1. The second kappa shape index (κ2) is 70.0. The number of hydrogen-bond donors (Lipinski definition) is 8. The highest BCUT2D eigenvalue weighted by Crippen LogP contribution is 2.24. The Morgan fingerprint density at radius 3 is 1.02 bits per heavy atom. The van der Waals surface area contributed by atoms with Crippen molar-refractivity contribution < 1.29 is 50.0 Å². The molecule has 1 rings (SSSR count). The lowest BCUT2D eigenvalue weighted by atomic mass is 9.98. The second-order valence-corrected chi connectivity index (χ2v) is 28.5. The molecule has 1 heterocycles. The van der Waals surface area contributed by atoms with Crippen molar-refractivity contribution >= 4 is 5.91 Å². The maximum Gasteiger partial charge on any atom is 0.249 e. The molecule has 11 nitrogen and oxygen atoms in total. The number of amides is 1. The lowest BCUT2D eigenvalue weighted by Gasteiger charge is -2.40. The summed E-state index contributed by atoms with van der Waals surface area (Å²) in [6.07, 6.45) is 82.4. The fourth-order valence-electron chi connectivity index (χ4n) is 13.1. The summed E-state index contributed by atoms with van der Waals surface area (Å²) in [6.45, 7) is 3.50. The van der Waals surface area contributed by atoms with Gasteiger partial charge in [-0.05, 0) is 83.5 Å². The van der Waals surface area contributed by atoms with Gasteiger partial charge >= 0.3 is 0 Å². The number of unbranched alkanes of at least 4 members (excludes halogenated alkanes) is 52. The monoisotopic (exact) mass is 1310 g/mol. The first-order chi connectivity index (χ1) is 45.7. The van der Waals surface area contributed by atoms with Crippen LogP contribution >= 0.6 is 0 Å². The Morgan fingerprint density at radius 2 is 0.677 bits per heavy atom. The molecule has 9 unspecified atom stereocenters. The van der Waals surface area contributed by atoms with Gasteiger partial charge in [-0.1, -0.05) is 364 Å². The Hall–Kier alpha value is -1.93. The average molecular weight is 1320 g/mol. The van der Waals surface area contributed by atoms with Crippen LogP contribution in [-0.4, -0.2) is 110 Å². The van der Waals surface area contributed by atoms with E-state index in [1.54, 1.807) is 0 Å². The molecule has 0 spiro atoms. The first kappa shape index (κ1) is 89.1. The minimum Gasteiger partial charge on any atom is -0.394 e. The van der Waals surface area contributed by atoms with Crippen molar-refractivity contribution in [2.45, 2.75) is 454 Å². The smallest absolute Gasteiger partial charge is 0.249 e. The Kier molecular flexibility index (Phi) is 67.0. The maximum atomic E-state index is 13.3. The number of carbonyl (C=O) groups is 1. The maximum absolute atomic E-state index is 13.3. The van der Waals surface area contributed by atoms with Crippen LogP contribution in [0.25, 0.3) is 0 Å². The van der Waals surface area contributed by atoms with Crippen LogP contribution in [0.15, 0.2) is 48.6 Å². The number of rotatable bonds is 72. The molecule has 0 bridgehead atoms. The Morgan fingerprint density at radius 1 is 0.376 bits per heavy atom. The zero-order valence-electron chi connectivity index (χ0n) is 61.0. The van der Waals surface area contributed by atoms with Gasteiger partial charge in [-0.3, -0.25) is 4.79 Å². The third-order valence-electron chi connectivity index (χ3n) is 19.6. The van der Waals surface area contributed by atoms with Crippen molar-refractivity contribution in [2.75, 3.05) is 13.2 Å². The SMILES string of the molecule is CCCCCCCCCCCCC/C=C\C/C=C\CCCCCCCCCCCCCCCCCCC(O)C(=O)NC(COC1OC(CO)C(O)C(O)C1O)C(O)C(O)CCC/C=C/CC/C=C/CCCCCCCCCCCCCCCCCCCCCCCCC. The Balaban J connectivity index is 2.16. The minimum atomic E-state index is -1.67. The van der Waals surface area contributed by atoms with Gasteiger partial charge in [0.2, 0.25) is 5.91 Å². The highest BCUT2D eigenvalue weighted by atomic mass is 16.7. The molecule has 8 N–H and O–H groups in total. The van der Waals surface area contributed by atoms with Crippen molar-refractivity contribution in [1.82, 2.24) is 5.32 Å². The summed E-state index contributed by atoms with van der Waals surface area (Å²) >= 11 is 0. The topological polar surface area (TPSA) is 189 Å². The molecule has 11 heteroatoms. The molecule has 0 saturated carbocycles. The van der Waals surface area contributed by atoms with E-state index in [1.165, 1.54) is 308 Å². The highest BCUT2D eigenvalue weighted by Gasteiger charge is 2.44. The van der Waals surface area contributed by atoms with Gasteiger partial charge in [0.15, 0.2) is 6.29 Å². The Bertz CT molecular complexity index is 1660. The molecule has 1 aliphatic rings. The summed E-state index contributed by atoms with van der Waals surface area (Å²) in [5.41, 5.74) is 0. The summed E-state index contributed by atoms with van der Waals surface area (Å²) in [6, 6.07) is -1.19. The van der Waals surface area contributed by atoms with Gasteiger partial charge in [-0.25, -0.2) is 0 Å². The number of aliphatic hydroxyl groups is 7. The summed E-state index contributed by atoms with van der Waals surface area (Å²) in [7, 11) is 0. The van der Waals surface area contributed by atoms with Gasteiger partial charge in [-0.2, -0.15) is 0 Å². The molecule has 0 aromatic carbocycles. The van der Waals surface area contributed by atoms with E-state index in [2.05, 4.69) is 67.8 Å². The lowest BCUT2D eigenvalue weighted by Crippen LogP contribution is -2.60. The van der Waals surface area contributed by atoms with E-state index in [9.17, 15) is 40.5 Å². The molecular weight excluding hydrogens is 1160 g/mol. The van der Waals surface area contributed by atoms with E-state index in [-0.39, 0.29) is 12.8 Å². The number of ether oxygens (including phenoxy) is 2. The molecule has 1 fully saturated rings. The number of hydrogen-bond acceptors (Lipinski definition) is 10. The van der Waals surface area contributed by atoms with Gasteiger partial charge in [0.25, 0.3) is 0 Å². The molecule has 0 aromatic heterocycles. The van der Waals surface area contributed by atoms with Crippen molar-refractivity contribution in [2.24, 2.45) is 0 Å². The summed E-state index contributed by atoms with van der Waals surface area (Å²) < 4.78 is 11.2. The van der Waals surface area contributed by atoms with Crippen LogP contribution in [0.2, 0.25) is 0 Å². The van der Waals surface area contributed by atoms with Crippen molar-refractivity contribution in [1.29, 1.82) is 0 Å². The zero-order chi connectivity index (χ0) is 67.4. The summed E-state index contributed by atoms with van der Waals surface area (Å²) in [5.74, 6) is -0.705. The summed E-state index contributed by atoms with van der Waals surface area (Å²) in [4.78, 5) is 13.3. The molecule has 0 aromatic rings. The van der Waals surface area contributed by atoms with Crippen LogP contribution in [-0.2, 0) is 14.3 Å². The van der Waals surface area contributed by atoms with E-state index in [0.717, 1.165) is 44.9 Å². The molecule has 0 radical (unpaired) electrons. The second-order valence-electron chi connectivity index (χ2n) is 28.5. The van der Waals surface area contributed by atoms with Crippen molar-refractivity contribution in [3.8, 4) is 0 Å². The van der Waals surface area contributed by atoms with Crippen LogP contribution in [0.1, 0.15) is 399 Å². The molecule has 1 amide bonds. The predicted molar refractivity (Wildman–Crippen MR) is 395 cm³/mol. The normalized spacial score (nSPS) is 18.5. The van der Waals surface area contributed by atoms with E-state index in [1.807, 2.05) is 0 Å². The molecule has 1 saturated heterocycles. The van der Waals surface area contributed by atoms with Crippen LogP contribution in [0, 0.1) is 0 Å². The molecule has 1 aliphatic heterocycles. The predicted octanol–water partition coefficient (Wildman–Crippen LogP) is 21.0. The Labute approximate surface area is 574 Å². The van der Waals surface area contributed by atoms with Gasteiger partial charge < -0.3 is 50.5 Å². The molecule has 548 valence electrons. The molecule has 9 atom stereocenters. The number of carbonyl (C=O) groups excluding carboxylic acids is 1. The first-order valence-electron chi connectivity index (χ1n) is 40.5. The van der Waals surface area contributed by atoms with Gasteiger partial charge in [0.05, 0.1) is 25.4 Å². The quantitative estimate of drug-likeness (QED) is 0.0215. The molecule has 0 aliphatic carbocycles. The molecule has 93 heavy (non-hydrogen) atoms. The lowest BCUT2D eigenvalue weighted by molar-refractivity contribution is -0.303. The first-order valence-corrected chi connectivity index (χ1v) is 40.5. The van der Waals surface area contributed by atoms with E-state index < -0.39 is 74.2 Å². The third-order valence-corrected chi connectivity index (χ3v) is 19.6. The van der Waals surface area contributed by atoms with Gasteiger partial charge in [0.1, 0.15) is 36.6 Å². The average Bonchev–Trinajstić information content (AvgIpc) is 1.04. The van der Waals surface area contributed by atoms with E-state index >= 15 is 0 Å². The molecular formula is C82H155NO10. The van der Waals surface area contributed by atoms with Crippen molar-refractivity contribution in [3.05, 3.63) is 48.6 Å². The van der Waals surface area contributed by atoms with E-state index in [4.69, 9.17) is 9.47 Å². The number of allylic oxidation sites excluding steroid dienone is 8. The van der Waals surface area contributed by atoms with Crippen LogP contribution in [0.3, 0.4) is 0 Å². The zero-order valence-corrected chi connectivity index (χ0v) is 61.0. The largest absolute Gasteiger partial charge is 0.394 e. The number of aliphatic hydroxyl groups excluding tert-OH is 7. The van der Waals surface area contributed by atoms with Crippen molar-refractivity contribution in [3.63, 3.8) is 0 Å². The van der Waals surface area contributed by atoms with Crippen LogP contribution in [0.4, 0.5) is 0 Å². The third kappa shape index (κ3) is 56.6. The standard InChI is InChI=1S/C82H155NO10/c1-3-5-7-9-11-13-15-17-19-21-23-25-27-29-31-33-35-37-38-40-42-44-46-48-50-52-54-56-58-60-62-64-66-68-70-75(86)81(91)83-73(72-92-82-80(90)79(89)78(88)76(71-84)93-82)77(87)74(85)69-67-65-63-61-59-57-55-53-51-49-47-45-43-41-39-36-34-32-30-28-26-24-22-20-18-16-14-12-10-8-6-4-2/h27,29,33,35,53,55,61,63,73-80,82,84-90H,3-26,28,30-32,34,36-52,54,56-60,62,64-72H2,1-2H3,(H,83,91)/b29-27-,35-33-,55-53+,63-61+. The van der Waals surface area contributed by atoms with Gasteiger partial charge in [-0.15, -0.1) is 0 Å². The van der Waals surface area contributed by atoms with Crippen LogP contribution < -0.4 is 5.32 Å². The highest BCUT2D eigenvalue weighted by molar-refractivity contribution is 5.80. The fraction of sp³-hybridized carbons (Fsp3) is 0.890. The van der Waals surface area contributed by atoms with Gasteiger partial charge in [0, 0.05) is 0 Å². The number of nitrogens with one attached hydrogen (secondary N) is 1. The van der Waals surface area contributed by atoms with E-state index in [0.29, 0.717) is 19.3 Å².